The smallest absolute Gasteiger partial charge is 0.285 e. The molecular formula is C22H24FN3O3S. The summed E-state index contributed by atoms with van der Waals surface area (Å²) in [6.45, 7) is 3.98. The number of amidine groups is 1. The number of amides is 1. The molecule has 0 saturated carbocycles. The molecule has 2 aliphatic rings. The zero-order valence-electron chi connectivity index (χ0n) is 16.8. The molecule has 0 aromatic heterocycles. The van der Waals surface area contributed by atoms with Gasteiger partial charge in [-0.1, -0.05) is 24.3 Å². The van der Waals surface area contributed by atoms with Crippen molar-refractivity contribution in [1.82, 2.24) is 9.80 Å². The zero-order valence-corrected chi connectivity index (χ0v) is 17.6. The molecule has 2 aromatic carbocycles. The predicted molar refractivity (Wildman–Crippen MR) is 112 cm³/mol. The molecule has 0 spiro atoms. The first-order chi connectivity index (χ1) is 14.4. The van der Waals surface area contributed by atoms with Gasteiger partial charge < -0.3 is 9.80 Å². The number of halogens is 1. The number of likely N-dealkylation sites (tertiary alicyclic amines) is 1. The summed E-state index contributed by atoms with van der Waals surface area (Å²) in [4.78, 5) is 17.0. The third kappa shape index (κ3) is 3.96. The van der Waals surface area contributed by atoms with Crippen molar-refractivity contribution in [3.8, 4) is 0 Å². The van der Waals surface area contributed by atoms with Crippen molar-refractivity contribution in [2.24, 2.45) is 10.3 Å². The van der Waals surface area contributed by atoms with Gasteiger partial charge >= 0.3 is 0 Å². The van der Waals surface area contributed by atoms with Gasteiger partial charge in [-0.2, -0.15) is 8.42 Å². The van der Waals surface area contributed by atoms with E-state index in [9.17, 15) is 17.6 Å². The van der Waals surface area contributed by atoms with Gasteiger partial charge in [0.1, 0.15) is 10.7 Å². The molecule has 8 heteroatoms. The van der Waals surface area contributed by atoms with Crippen molar-refractivity contribution >= 4 is 21.8 Å². The van der Waals surface area contributed by atoms with E-state index in [1.165, 1.54) is 12.1 Å². The second kappa shape index (κ2) is 8.18. The van der Waals surface area contributed by atoms with E-state index >= 15 is 0 Å². The lowest BCUT2D eigenvalue weighted by Gasteiger charge is -2.35. The fraction of sp³-hybridized carbons (Fsp3) is 0.364. The van der Waals surface area contributed by atoms with Crippen LogP contribution in [-0.2, 0) is 21.4 Å². The highest BCUT2D eigenvalue weighted by Gasteiger charge is 2.35. The number of nitrogens with zero attached hydrogens (tertiary/aromatic N) is 3. The highest BCUT2D eigenvalue weighted by molar-refractivity contribution is 7.90. The van der Waals surface area contributed by atoms with Crippen LogP contribution in [0.15, 0.2) is 57.8 Å². The Morgan fingerprint density at radius 1 is 1.17 bits per heavy atom. The van der Waals surface area contributed by atoms with Gasteiger partial charge in [0.15, 0.2) is 5.84 Å². The molecule has 0 unspecified atom stereocenters. The largest absolute Gasteiger partial charge is 0.355 e. The minimum Gasteiger partial charge on any atom is -0.355 e. The molecule has 1 amide bonds. The van der Waals surface area contributed by atoms with E-state index in [1.54, 1.807) is 35.2 Å². The average molecular weight is 430 g/mol. The lowest BCUT2D eigenvalue weighted by molar-refractivity contribution is -0.137. The van der Waals surface area contributed by atoms with Crippen LogP contribution in [-0.4, -0.2) is 49.6 Å². The van der Waals surface area contributed by atoms with Crippen LogP contribution in [0.25, 0.3) is 0 Å². The van der Waals surface area contributed by atoms with Gasteiger partial charge in [-0.25, -0.2) is 4.39 Å². The van der Waals surface area contributed by atoms with Crippen molar-refractivity contribution in [3.05, 3.63) is 65.5 Å². The standard InChI is InChI=1S/C22H24FN3O3S/c1-2-25(15-16-6-5-7-18(23)14-16)22(27)17-10-12-26(13-11-17)21-19-8-3-4-9-20(19)30(28,29)24-21/h3-9,14,17H,2,10-13,15H2,1H3. The summed E-state index contributed by atoms with van der Waals surface area (Å²) < 4.78 is 42.1. The van der Waals surface area contributed by atoms with Crippen LogP contribution in [0.3, 0.4) is 0 Å². The fourth-order valence-corrected chi connectivity index (χ4v) is 5.34. The van der Waals surface area contributed by atoms with E-state index < -0.39 is 10.0 Å². The van der Waals surface area contributed by atoms with Crippen molar-refractivity contribution in [2.45, 2.75) is 31.2 Å². The van der Waals surface area contributed by atoms with Gasteiger partial charge in [0.25, 0.3) is 10.0 Å². The average Bonchev–Trinajstić information content (AvgIpc) is 3.03. The molecule has 0 bridgehead atoms. The number of piperidine rings is 1. The lowest BCUT2D eigenvalue weighted by atomic mass is 9.94. The summed E-state index contributed by atoms with van der Waals surface area (Å²) in [6.07, 6.45) is 1.25. The van der Waals surface area contributed by atoms with Crippen LogP contribution < -0.4 is 0 Å². The van der Waals surface area contributed by atoms with Gasteiger partial charge in [0, 0.05) is 37.7 Å². The van der Waals surface area contributed by atoms with E-state index in [-0.39, 0.29) is 22.5 Å². The highest BCUT2D eigenvalue weighted by Crippen LogP contribution is 2.30. The molecule has 0 N–H and O–H groups in total. The summed E-state index contributed by atoms with van der Waals surface area (Å²) in [7, 11) is -3.65. The minimum absolute atomic E-state index is 0.0581. The number of benzene rings is 2. The molecule has 2 aromatic rings. The molecule has 0 radical (unpaired) electrons. The Labute approximate surface area is 176 Å². The summed E-state index contributed by atoms with van der Waals surface area (Å²) in [5.74, 6) is 0.0897. The molecular weight excluding hydrogens is 405 g/mol. The quantitative estimate of drug-likeness (QED) is 0.749. The van der Waals surface area contributed by atoms with Crippen molar-refractivity contribution in [3.63, 3.8) is 0 Å². The van der Waals surface area contributed by atoms with Crippen LogP contribution in [0.4, 0.5) is 4.39 Å². The first-order valence-electron chi connectivity index (χ1n) is 10.1. The maximum Gasteiger partial charge on any atom is 0.285 e. The van der Waals surface area contributed by atoms with Gasteiger partial charge in [0.2, 0.25) is 5.91 Å². The monoisotopic (exact) mass is 429 g/mol. The van der Waals surface area contributed by atoms with Crippen LogP contribution in [0, 0.1) is 11.7 Å². The third-order valence-corrected chi connectivity index (χ3v) is 7.04. The number of hydrogen-bond donors (Lipinski definition) is 0. The Morgan fingerprint density at radius 3 is 2.60 bits per heavy atom. The molecule has 30 heavy (non-hydrogen) atoms. The van der Waals surface area contributed by atoms with Crippen molar-refractivity contribution < 1.29 is 17.6 Å². The summed E-state index contributed by atoms with van der Waals surface area (Å²) in [5.41, 5.74) is 1.40. The van der Waals surface area contributed by atoms with Crippen LogP contribution in [0.5, 0.6) is 0 Å². The summed E-state index contributed by atoms with van der Waals surface area (Å²) in [6, 6.07) is 13.1. The SMILES string of the molecule is CCN(Cc1cccc(F)c1)C(=O)C1CCN(C2=NS(=O)(=O)c3ccccc32)CC1. The number of carbonyl (C=O) groups excluding carboxylic acids is 1. The molecule has 1 saturated heterocycles. The van der Waals surface area contributed by atoms with E-state index in [2.05, 4.69) is 4.40 Å². The molecule has 6 nitrogen and oxygen atoms in total. The Hall–Kier alpha value is -2.74. The second-order valence-corrected chi connectivity index (χ2v) is 9.20. The van der Waals surface area contributed by atoms with Crippen LogP contribution in [0.1, 0.15) is 30.9 Å². The van der Waals surface area contributed by atoms with Crippen LogP contribution >= 0.6 is 0 Å². The maximum atomic E-state index is 13.5. The van der Waals surface area contributed by atoms with E-state index in [0.717, 1.165) is 5.56 Å². The first-order valence-corrected chi connectivity index (χ1v) is 11.6. The third-order valence-electron chi connectivity index (χ3n) is 5.71. The second-order valence-electron chi connectivity index (χ2n) is 7.63. The maximum absolute atomic E-state index is 13.5. The molecule has 0 aliphatic carbocycles. The lowest BCUT2D eigenvalue weighted by Crippen LogP contribution is -2.44. The van der Waals surface area contributed by atoms with E-state index in [1.807, 2.05) is 17.9 Å². The van der Waals surface area contributed by atoms with Gasteiger partial charge in [-0.3, -0.25) is 4.79 Å². The van der Waals surface area contributed by atoms with Crippen molar-refractivity contribution in [1.29, 1.82) is 0 Å². The minimum atomic E-state index is -3.65. The normalized spacial score (nSPS) is 18.1. The molecule has 158 valence electrons. The first kappa shape index (κ1) is 20.5. The molecule has 1 fully saturated rings. The number of carbonyl (C=O) groups is 1. The summed E-state index contributed by atoms with van der Waals surface area (Å²) in [5, 5.41) is 0. The highest BCUT2D eigenvalue weighted by atomic mass is 32.2. The van der Waals surface area contributed by atoms with E-state index in [0.29, 0.717) is 50.4 Å². The fourth-order valence-electron chi connectivity index (χ4n) is 4.11. The number of fused-ring (bicyclic) bond motifs is 1. The zero-order chi connectivity index (χ0) is 21.3. The Morgan fingerprint density at radius 2 is 1.90 bits per heavy atom. The van der Waals surface area contributed by atoms with Crippen molar-refractivity contribution in [2.75, 3.05) is 19.6 Å². The Kier molecular flexibility index (Phi) is 5.60. The molecule has 0 atom stereocenters. The number of sulfonamides is 1. The molecule has 2 aliphatic heterocycles. The molecule has 2 heterocycles. The topological polar surface area (TPSA) is 70.1 Å². The van der Waals surface area contributed by atoms with Gasteiger partial charge in [-0.15, -0.1) is 4.40 Å². The Bertz CT molecular complexity index is 1090. The Balaban J connectivity index is 1.42. The molecule has 4 rings (SSSR count). The van der Waals surface area contributed by atoms with Crippen LogP contribution in [0.2, 0.25) is 0 Å². The van der Waals surface area contributed by atoms with Gasteiger partial charge in [0.05, 0.1) is 0 Å². The number of rotatable bonds is 4. The predicted octanol–water partition coefficient (Wildman–Crippen LogP) is 3.04. The van der Waals surface area contributed by atoms with E-state index in [4.69, 9.17) is 0 Å². The summed E-state index contributed by atoms with van der Waals surface area (Å²) >= 11 is 0. The number of hydrogen-bond acceptors (Lipinski definition) is 4. The van der Waals surface area contributed by atoms with Gasteiger partial charge in [-0.05, 0) is 49.6 Å².